The second-order valence-corrected chi connectivity index (χ2v) is 6.21. The van der Waals surface area contributed by atoms with Gasteiger partial charge in [-0.05, 0) is 12.5 Å². The van der Waals surface area contributed by atoms with E-state index in [0.29, 0.717) is 13.2 Å². The zero-order valence-electron chi connectivity index (χ0n) is 15.6. The van der Waals surface area contributed by atoms with Crippen molar-refractivity contribution in [2.45, 2.75) is 50.2 Å². The highest BCUT2D eigenvalue weighted by Crippen LogP contribution is 2.47. The molecule has 1 aromatic rings. The summed E-state index contributed by atoms with van der Waals surface area (Å²) in [4.78, 5) is 11.7. The van der Waals surface area contributed by atoms with Crippen molar-refractivity contribution in [3.63, 3.8) is 0 Å². The summed E-state index contributed by atoms with van der Waals surface area (Å²) in [6, 6.07) is 2.77. The Morgan fingerprint density at radius 3 is 2.03 bits per heavy atom. The molecule has 0 aromatic carbocycles. The molecule has 0 saturated heterocycles. The van der Waals surface area contributed by atoms with E-state index < -0.39 is 49.6 Å². The predicted octanol–water partition coefficient (Wildman–Crippen LogP) is 3.07. The van der Waals surface area contributed by atoms with E-state index in [1.807, 2.05) is 0 Å². The lowest BCUT2D eigenvalue weighted by atomic mass is 10.1. The van der Waals surface area contributed by atoms with Gasteiger partial charge >= 0.3 is 18.5 Å². The first-order chi connectivity index (χ1) is 13.5. The van der Waals surface area contributed by atoms with E-state index in [1.54, 1.807) is 9.88 Å². The van der Waals surface area contributed by atoms with Gasteiger partial charge in [0.05, 0.1) is 0 Å². The van der Waals surface area contributed by atoms with Gasteiger partial charge in [-0.2, -0.15) is 35.1 Å². The lowest BCUT2D eigenvalue weighted by Gasteiger charge is -2.33. The van der Waals surface area contributed by atoms with E-state index in [4.69, 9.17) is 4.74 Å². The molecule has 1 aromatic heterocycles. The largest absolute Gasteiger partial charge is 0.430 e. The summed E-state index contributed by atoms with van der Waals surface area (Å²) < 4.78 is 126. The molecule has 5 nitrogen and oxygen atoms in total. The molecule has 2 atom stereocenters. The second-order valence-electron chi connectivity index (χ2n) is 6.21. The maximum absolute atomic E-state index is 13.5. The first kappa shape index (κ1) is 25.9. The van der Waals surface area contributed by atoms with Gasteiger partial charge in [0.1, 0.15) is 6.61 Å². The molecule has 0 bridgehead atoms. The Labute approximate surface area is 164 Å². The molecule has 0 aliphatic heterocycles. The zero-order chi connectivity index (χ0) is 23.4. The SMILES string of the molecule is COCC[n+]1ccc(CNC(=O)C(OC(F)(F)C(C)(F)C(F)(F)F)C(F)(F)F)cc1. The van der Waals surface area contributed by atoms with E-state index in [2.05, 4.69) is 4.74 Å². The highest BCUT2D eigenvalue weighted by molar-refractivity contribution is 5.81. The van der Waals surface area contributed by atoms with Gasteiger partial charge in [0.25, 0.3) is 11.6 Å². The number of amides is 1. The number of ether oxygens (including phenoxy) is 2. The van der Waals surface area contributed by atoms with Crippen LogP contribution in [0.4, 0.5) is 39.5 Å². The molecule has 2 unspecified atom stereocenters. The minimum Gasteiger partial charge on any atom is -0.378 e. The third-order valence-corrected chi connectivity index (χ3v) is 3.86. The number of hydrogen-bond donors (Lipinski definition) is 1. The second kappa shape index (κ2) is 9.37. The maximum Gasteiger partial charge on any atom is 0.430 e. The van der Waals surface area contributed by atoms with Crippen molar-refractivity contribution in [3.8, 4) is 0 Å². The molecule has 0 fully saturated rings. The fraction of sp³-hybridized carbons (Fsp3) is 0.625. The van der Waals surface area contributed by atoms with Crippen molar-refractivity contribution in [2.24, 2.45) is 0 Å². The Hall–Kier alpha value is -2.09. The van der Waals surface area contributed by atoms with Gasteiger partial charge in [0, 0.05) is 25.8 Å². The molecule has 30 heavy (non-hydrogen) atoms. The summed E-state index contributed by atoms with van der Waals surface area (Å²) >= 11 is 0. The number of carbonyl (C=O) groups excluding carboxylic acids is 1. The van der Waals surface area contributed by atoms with Crippen LogP contribution in [0.2, 0.25) is 0 Å². The monoisotopic (exact) mass is 457 g/mol. The van der Waals surface area contributed by atoms with Gasteiger partial charge in [-0.15, -0.1) is 0 Å². The molecule has 1 heterocycles. The van der Waals surface area contributed by atoms with E-state index in [9.17, 15) is 44.3 Å². The van der Waals surface area contributed by atoms with E-state index in [0.717, 1.165) is 0 Å². The standard InChI is InChI=1S/C16H17F9N2O3/c1-13(17,15(21,22)23)16(24,25)30-11(14(18,19)20)12(28)26-9-10-3-5-27(6-4-10)7-8-29-2/h3-6,11H,7-9H2,1-2H3/p+1. The Morgan fingerprint density at radius 2 is 1.60 bits per heavy atom. The smallest absolute Gasteiger partial charge is 0.378 e. The van der Waals surface area contributed by atoms with Crippen molar-refractivity contribution in [1.29, 1.82) is 0 Å². The van der Waals surface area contributed by atoms with Crippen LogP contribution >= 0.6 is 0 Å². The number of rotatable bonds is 9. The van der Waals surface area contributed by atoms with E-state index >= 15 is 0 Å². The molecule has 0 radical (unpaired) electrons. The number of nitrogens with one attached hydrogen (secondary N) is 1. The number of methoxy groups -OCH3 is 1. The maximum atomic E-state index is 13.5. The fourth-order valence-electron chi connectivity index (χ4n) is 1.93. The fourth-order valence-corrected chi connectivity index (χ4v) is 1.93. The van der Waals surface area contributed by atoms with Gasteiger partial charge in [-0.3, -0.25) is 9.53 Å². The van der Waals surface area contributed by atoms with Crippen molar-refractivity contribution in [1.82, 2.24) is 5.32 Å². The Balaban J connectivity index is 2.90. The summed E-state index contributed by atoms with van der Waals surface area (Å²) in [5.74, 6) is -2.21. The van der Waals surface area contributed by atoms with Crippen LogP contribution in [-0.2, 0) is 27.4 Å². The summed E-state index contributed by atoms with van der Waals surface area (Å²) in [6.07, 6.45) is -19.2. The van der Waals surface area contributed by atoms with Crippen LogP contribution < -0.4 is 9.88 Å². The Kier molecular flexibility index (Phi) is 8.10. The van der Waals surface area contributed by atoms with Gasteiger partial charge in [-0.25, -0.2) is 8.96 Å². The van der Waals surface area contributed by atoms with Crippen LogP contribution in [0.15, 0.2) is 24.5 Å². The molecule has 1 amide bonds. The average molecular weight is 457 g/mol. The van der Waals surface area contributed by atoms with Gasteiger partial charge in [0.2, 0.25) is 6.10 Å². The van der Waals surface area contributed by atoms with Crippen molar-refractivity contribution >= 4 is 5.91 Å². The third kappa shape index (κ3) is 6.45. The van der Waals surface area contributed by atoms with Crippen LogP contribution in [0, 0.1) is 0 Å². The van der Waals surface area contributed by atoms with Crippen LogP contribution in [0.1, 0.15) is 12.5 Å². The van der Waals surface area contributed by atoms with Crippen molar-refractivity contribution in [2.75, 3.05) is 13.7 Å². The quantitative estimate of drug-likeness (QED) is 0.458. The third-order valence-electron chi connectivity index (χ3n) is 3.86. The van der Waals surface area contributed by atoms with E-state index in [1.165, 1.54) is 31.6 Å². The number of hydrogen-bond acceptors (Lipinski definition) is 3. The molecule has 0 aliphatic carbocycles. The molecule has 0 saturated carbocycles. The van der Waals surface area contributed by atoms with Crippen LogP contribution in [-0.4, -0.2) is 49.9 Å². The molecule has 172 valence electrons. The molecular formula is C16H18F9N2O3+. The minimum absolute atomic E-state index is 0.246. The minimum atomic E-state index is -6.26. The molecule has 14 heteroatoms. The Bertz CT molecular complexity index is 703. The number of alkyl halides is 9. The van der Waals surface area contributed by atoms with Crippen molar-refractivity contribution < 1.29 is 58.3 Å². The van der Waals surface area contributed by atoms with Crippen LogP contribution in [0.3, 0.4) is 0 Å². The number of pyridine rings is 1. The highest BCUT2D eigenvalue weighted by atomic mass is 19.4. The summed E-state index contributed by atoms with van der Waals surface area (Å²) in [6.45, 7) is -0.465. The van der Waals surface area contributed by atoms with Gasteiger partial charge in [0.15, 0.2) is 18.9 Å². The highest BCUT2D eigenvalue weighted by Gasteiger charge is 2.71. The summed E-state index contributed by atoms with van der Waals surface area (Å²) in [5.41, 5.74) is -5.23. The number of aromatic nitrogens is 1. The molecule has 1 N–H and O–H groups in total. The van der Waals surface area contributed by atoms with Crippen molar-refractivity contribution in [3.05, 3.63) is 30.1 Å². The number of carbonyl (C=O) groups is 1. The molecular weight excluding hydrogens is 439 g/mol. The Morgan fingerprint density at radius 1 is 1.07 bits per heavy atom. The van der Waals surface area contributed by atoms with Crippen LogP contribution in [0.5, 0.6) is 0 Å². The molecule has 0 spiro atoms. The number of halogens is 9. The predicted molar refractivity (Wildman–Crippen MR) is 81.8 cm³/mol. The van der Waals surface area contributed by atoms with E-state index in [-0.39, 0.29) is 5.56 Å². The summed E-state index contributed by atoms with van der Waals surface area (Å²) in [7, 11) is 1.47. The molecule has 0 aliphatic rings. The van der Waals surface area contributed by atoms with Gasteiger partial charge in [-0.1, -0.05) is 0 Å². The summed E-state index contributed by atoms with van der Waals surface area (Å²) in [5, 5.41) is 1.63. The normalized spacial score (nSPS) is 16.1. The average Bonchev–Trinajstić information content (AvgIpc) is 2.61. The first-order valence-corrected chi connectivity index (χ1v) is 8.15. The lowest BCUT2D eigenvalue weighted by molar-refractivity contribution is -0.698. The number of nitrogens with zero attached hydrogens (tertiary/aromatic N) is 1. The lowest BCUT2D eigenvalue weighted by Crippen LogP contribution is -2.59. The van der Waals surface area contributed by atoms with Crippen LogP contribution in [0.25, 0.3) is 0 Å². The molecule has 1 rings (SSSR count). The zero-order valence-corrected chi connectivity index (χ0v) is 15.6. The van der Waals surface area contributed by atoms with Gasteiger partial charge < -0.3 is 10.1 Å². The first-order valence-electron chi connectivity index (χ1n) is 8.15. The topological polar surface area (TPSA) is 51.4 Å².